The zero-order chi connectivity index (χ0) is 31.6. The summed E-state index contributed by atoms with van der Waals surface area (Å²) in [7, 11) is 0. The van der Waals surface area contributed by atoms with Gasteiger partial charge < -0.3 is 20.7 Å². The van der Waals surface area contributed by atoms with Crippen molar-refractivity contribution in [3.05, 3.63) is 94.3 Å². The van der Waals surface area contributed by atoms with Crippen LogP contribution in [0.1, 0.15) is 66.3 Å². The SMILES string of the molecule is CC(C)(C)Oc1cc(C(=O)CC(N)=O)ccc1C1=NC(c2ccncc2)C(c2ccc(Cl)cc2)N1C(=O)N1CCNC(=O)C1. The largest absolute Gasteiger partial charge is 0.487 e. The number of ether oxygens (including phenoxy) is 1. The molecule has 3 aromatic rings. The third-order valence-electron chi connectivity index (χ3n) is 7.14. The fourth-order valence-electron chi connectivity index (χ4n) is 5.26. The van der Waals surface area contributed by atoms with Gasteiger partial charge in [0, 0.05) is 36.1 Å². The summed E-state index contributed by atoms with van der Waals surface area (Å²) in [6.07, 6.45) is 2.87. The maximum Gasteiger partial charge on any atom is 0.326 e. The fourth-order valence-corrected chi connectivity index (χ4v) is 5.39. The van der Waals surface area contributed by atoms with Crippen molar-refractivity contribution in [1.82, 2.24) is 20.1 Å². The molecule has 1 saturated heterocycles. The highest BCUT2D eigenvalue weighted by atomic mass is 35.5. The molecule has 0 spiro atoms. The molecule has 3 heterocycles. The minimum Gasteiger partial charge on any atom is -0.487 e. The molecule has 0 aliphatic carbocycles. The Kier molecular flexibility index (Phi) is 8.68. The Morgan fingerprint density at radius 2 is 1.75 bits per heavy atom. The number of Topliss-reactive ketones (excluding diaryl/α,β-unsaturated/α-hetero) is 1. The molecule has 3 N–H and O–H groups in total. The first-order chi connectivity index (χ1) is 20.9. The van der Waals surface area contributed by atoms with E-state index in [2.05, 4.69) is 10.3 Å². The number of benzene rings is 2. The fraction of sp³-hybridized carbons (Fsp3) is 0.312. The number of amidine groups is 1. The van der Waals surface area contributed by atoms with Crippen LogP contribution >= 0.6 is 11.6 Å². The highest BCUT2D eigenvalue weighted by Gasteiger charge is 2.45. The van der Waals surface area contributed by atoms with E-state index in [0.29, 0.717) is 35.3 Å². The molecule has 2 aliphatic heterocycles. The second-order valence-electron chi connectivity index (χ2n) is 11.6. The van der Waals surface area contributed by atoms with E-state index >= 15 is 0 Å². The number of nitrogens with two attached hydrogens (primary N) is 1. The summed E-state index contributed by atoms with van der Waals surface area (Å²) in [6, 6.07) is 14.1. The molecule has 2 aliphatic rings. The Hall–Kier alpha value is -4.77. The first kappa shape index (κ1) is 30.7. The first-order valence-corrected chi connectivity index (χ1v) is 14.5. The molecule has 0 saturated carbocycles. The molecule has 44 heavy (non-hydrogen) atoms. The molecule has 2 atom stereocenters. The van der Waals surface area contributed by atoms with Crippen molar-refractivity contribution in [3.8, 4) is 5.75 Å². The van der Waals surface area contributed by atoms with Gasteiger partial charge in [0.1, 0.15) is 29.8 Å². The number of hydrogen-bond donors (Lipinski definition) is 2. The Balaban J connectivity index is 1.71. The standard InChI is InChI=1S/C32H33ClN6O5/c1-32(2,3)44-25-16-21(24(40)17-26(34)41)6-9-23(25)30-37-28(19-10-12-35-13-11-19)29(20-4-7-22(33)8-5-20)39(30)31(43)38-15-14-36-27(42)18-38/h4-13,16,28-29H,14-15,17-18H2,1-3H3,(H2,34,41)(H,36,42). The second kappa shape index (κ2) is 12.5. The number of aromatic nitrogens is 1. The molecular formula is C32H33ClN6O5. The normalized spacial score (nSPS) is 18.5. The summed E-state index contributed by atoms with van der Waals surface area (Å²) in [5.41, 5.74) is 6.87. The van der Waals surface area contributed by atoms with Gasteiger partial charge >= 0.3 is 6.03 Å². The van der Waals surface area contributed by atoms with Crippen LogP contribution in [0.2, 0.25) is 5.02 Å². The minimum absolute atomic E-state index is 0.109. The first-order valence-electron chi connectivity index (χ1n) is 14.1. The van der Waals surface area contributed by atoms with E-state index in [-0.39, 0.29) is 18.0 Å². The van der Waals surface area contributed by atoms with E-state index in [4.69, 9.17) is 27.1 Å². The number of pyridine rings is 1. The smallest absolute Gasteiger partial charge is 0.326 e. The lowest BCUT2D eigenvalue weighted by Crippen LogP contribution is -2.55. The van der Waals surface area contributed by atoms with E-state index in [0.717, 1.165) is 11.1 Å². The number of ketones is 1. The van der Waals surface area contributed by atoms with Gasteiger partial charge in [-0.3, -0.25) is 29.3 Å². The van der Waals surface area contributed by atoms with Crippen molar-refractivity contribution >= 4 is 41.1 Å². The quantitative estimate of drug-likeness (QED) is 0.302. The van der Waals surface area contributed by atoms with Gasteiger partial charge in [-0.25, -0.2) is 4.79 Å². The average Bonchev–Trinajstić information content (AvgIpc) is 3.36. The summed E-state index contributed by atoms with van der Waals surface area (Å²) in [5, 5.41) is 3.30. The molecule has 5 rings (SSSR count). The lowest BCUT2D eigenvalue weighted by atomic mass is 9.94. The number of carbonyl (C=O) groups is 4. The topological polar surface area (TPSA) is 147 Å². The molecule has 0 radical (unpaired) electrons. The van der Waals surface area contributed by atoms with Crippen molar-refractivity contribution in [2.75, 3.05) is 19.6 Å². The lowest BCUT2D eigenvalue weighted by Gasteiger charge is -2.36. The summed E-state index contributed by atoms with van der Waals surface area (Å²) >= 11 is 6.24. The van der Waals surface area contributed by atoms with Crippen molar-refractivity contribution in [1.29, 1.82) is 0 Å². The molecule has 12 heteroatoms. The Morgan fingerprint density at radius 3 is 2.39 bits per heavy atom. The van der Waals surface area contributed by atoms with E-state index in [1.807, 2.05) is 45.0 Å². The monoisotopic (exact) mass is 616 g/mol. The Bertz CT molecular complexity index is 1620. The van der Waals surface area contributed by atoms with Gasteiger partial charge in [0.2, 0.25) is 11.8 Å². The molecule has 2 unspecified atom stereocenters. The number of piperazine rings is 1. The molecule has 1 fully saturated rings. The van der Waals surface area contributed by atoms with Crippen molar-refractivity contribution in [3.63, 3.8) is 0 Å². The summed E-state index contributed by atoms with van der Waals surface area (Å²) in [6.45, 7) is 6.10. The number of nitrogens with one attached hydrogen (secondary N) is 1. The van der Waals surface area contributed by atoms with Gasteiger partial charge in [-0.2, -0.15) is 0 Å². The zero-order valence-corrected chi connectivity index (χ0v) is 25.4. The number of nitrogens with zero attached hydrogens (tertiary/aromatic N) is 4. The highest BCUT2D eigenvalue weighted by molar-refractivity contribution is 6.30. The molecule has 0 bridgehead atoms. The Morgan fingerprint density at radius 1 is 1.05 bits per heavy atom. The van der Waals surface area contributed by atoms with E-state index < -0.39 is 41.8 Å². The summed E-state index contributed by atoms with van der Waals surface area (Å²) in [4.78, 5) is 63.5. The molecule has 4 amide bonds. The molecular weight excluding hydrogens is 584 g/mol. The number of primary amides is 1. The van der Waals surface area contributed by atoms with Crippen LogP contribution in [-0.2, 0) is 9.59 Å². The van der Waals surface area contributed by atoms with Crippen molar-refractivity contribution < 1.29 is 23.9 Å². The predicted molar refractivity (Wildman–Crippen MR) is 164 cm³/mol. The maximum absolute atomic E-state index is 14.5. The van der Waals surface area contributed by atoms with Gasteiger partial charge in [-0.15, -0.1) is 0 Å². The van der Waals surface area contributed by atoms with E-state index in [1.165, 1.54) is 4.90 Å². The van der Waals surface area contributed by atoms with Crippen LogP contribution in [0.15, 0.2) is 72.0 Å². The predicted octanol–water partition coefficient (Wildman–Crippen LogP) is 4.07. The van der Waals surface area contributed by atoms with Crippen LogP contribution in [-0.4, -0.2) is 69.5 Å². The average molecular weight is 617 g/mol. The van der Waals surface area contributed by atoms with Gasteiger partial charge in [-0.05, 0) is 68.3 Å². The molecule has 2 aromatic carbocycles. The molecule has 228 valence electrons. The summed E-state index contributed by atoms with van der Waals surface area (Å²) in [5.74, 6) is -0.866. The van der Waals surface area contributed by atoms with E-state index in [9.17, 15) is 19.2 Å². The third kappa shape index (κ3) is 6.73. The number of halogens is 1. The van der Waals surface area contributed by atoms with Crippen LogP contribution in [0.3, 0.4) is 0 Å². The zero-order valence-electron chi connectivity index (χ0n) is 24.6. The minimum atomic E-state index is -0.745. The number of hydrogen-bond acceptors (Lipinski definition) is 7. The van der Waals surface area contributed by atoms with Crippen LogP contribution in [0.4, 0.5) is 4.79 Å². The van der Waals surface area contributed by atoms with Crippen LogP contribution < -0.4 is 15.8 Å². The molecule has 11 nitrogen and oxygen atoms in total. The lowest BCUT2D eigenvalue weighted by molar-refractivity contribution is -0.123. The number of aliphatic imine (C=N–C) groups is 1. The second-order valence-corrected chi connectivity index (χ2v) is 12.0. The number of urea groups is 1. The van der Waals surface area contributed by atoms with Gasteiger partial charge in [-0.1, -0.05) is 29.8 Å². The van der Waals surface area contributed by atoms with Crippen molar-refractivity contribution in [2.24, 2.45) is 10.7 Å². The number of carbonyl (C=O) groups excluding carboxylic acids is 4. The number of rotatable bonds is 7. The Labute approximate surface area is 260 Å². The van der Waals surface area contributed by atoms with Crippen molar-refractivity contribution in [2.45, 2.75) is 44.9 Å². The third-order valence-corrected chi connectivity index (χ3v) is 7.39. The van der Waals surface area contributed by atoms with E-state index in [1.54, 1.807) is 47.6 Å². The van der Waals surface area contributed by atoms with Crippen LogP contribution in [0, 0.1) is 0 Å². The summed E-state index contributed by atoms with van der Waals surface area (Å²) < 4.78 is 6.34. The van der Waals surface area contributed by atoms with Gasteiger partial charge in [0.25, 0.3) is 0 Å². The van der Waals surface area contributed by atoms with Gasteiger partial charge in [0.05, 0.1) is 18.0 Å². The van der Waals surface area contributed by atoms with Gasteiger partial charge in [0.15, 0.2) is 5.78 Å². The maximum atomic E-state index is 14.5. The molecule has 1 aromatic heterocycles. The van der Waals surface area contributed by atoms with Crippen LogP contribution in [0.25, 0.3) is 0 Å². The highest BCUT2D eigenvalue weighted by Crippen LogP contribution is 2.45. The van der Waals surface area contributed by atoms with Crippen LogP contribution in [0.5, 0.6) is 5.75 Å². The number of amides is 4.